The molecule has 19 heteroatoms. The third kappa shape index (κ3) is 68.0. The summed E-state index contributed by atoms with van der Waals surface area (Å²) < 4.78 is 68.2. The molecular formula is C77H130O17P2. The Balaban J connectivity index is 5.41. The van der Waals surface area contributed by atoms with Crippen molar-refractivity contribution in [1.82, 2.24) is 0 Å². The molecule has 3 N–H and O–H groups in total. The van der Waals surface area contributed by atoms with Crippen LogP contribution >= 0.6 is 15.6 Å². The lowest BCUT2D eigenvalue weighted by atomic mass is 10.1. The Hall–Kier alpha value is -4.54. The lowest BCUT2D eigenvalue weighted by Crippen LogP contribution is -2.30. The Morgan fingerprint density at radius 3 is 0.896 bits per heavy atom. The SMILES string of the molecule is CC/C=C\C/C=C\C/C=C\C/C=C\CCCCC(=O)OCC(COP(=O)(O)OCC(O)COP(=O)(O)OCC(COC(=O)CCCC/C=C\C/C=C\C/C=C\C/C=C\CC)OC(=O)CCCCCCC/C=C\CCCCCCCC)OC(=O)CCCCCCC/C=C\CCCC. The molecule has 0 radical (unpaired) electrons. The molecule has 0 heterocycles. The summed E-state index contributed by atoms with van der Waals surface area (Å²) in [5.74, 6) is -2.29. The molecule has 0 aliphatic carbocycles. The van der Waals surface area contributed by atoms with Crippen LogP contribution in [0.25, 0.3) is 0 Å². The van der Waals surface area contributed by atoms with Crippen LogP contribution in [0.1, 0.15) is 285 Å². The lowest BCUT2D eigenvalue weighted by Gasteiger charge is -2.21. The highest BCUT2D eigenvalue weighted by Gasteiger charge is 2.30. The minimum atomic E-state index is -4.99. The maximum Gasteiger partial charge on any atom is 0.472 e. The number of phosphoric acid groups is 2. The summed E-state index contributed by atoms with van der Waals surface area (Å²) in [6.45, 7) is 4.47. The van der Waals surface area contributed by atoms with E-state index in [2.05, 4.69) is 149 Å². The number of ether oxygens (including phenoxy) is 4. The summed E-state index contributed by atoms with van der Waals surface area (Å²) in [5, 5.41) is 10.6. The van der Waals surface area contributed by atoms with Crippen LogP contribution < -0.4 is 0 Å². The van der Waals surface area contributed by atoms with Gasteiger partial charge in [-0.15, -0.1) is 0 Å². The van der Waals surface area contributed by atoms with Crippen molar-refractivity contribution in [3.63, 3.8) is 0 Å². The third-order valence-electron chi connectivity index (χ3n) is 14.9. The minimum Gasteiger partial charge on any atom is -0.462 e. The van der Waals surface area contributed by atoms with Crippen LogP contribution in [0, 0.1) is 0 Å². The Labute approximate surface area is 581 Å². The number of allylic oxidation sites excluding steroid dienone is 20. The van der Waals surface area contributed by atoms with E-state index in [0.29, 0.717) is 25.7 Å². The standard InChI is InChI=1S/C77H130O17P2/c1-5-9-13-17-21-25-29-32-35-38-42-45-49-53-57-61-74(79)87-67-72(93-76(81)63-59-55-51-47-41-28-24-20-16-12-8-4)69-91-95(83,84)89-65-71(78)66-90-96(85,86)92-70-73(94-77(82)64-60-56-52-48-44-40-37-34-31-27-23-19-15-11-7-3)68-88-75(80)62-58-54-50-46-43-39-36-33-30-26-22-18-14-10-6-2/h9-10,13-14,20-22,24-26,32-37,42-43,45-46,71-73,78H,5-8,11-12,15-19,23,27-31,38-41,44,47-70H2,1-4H3,(H,83,84)(H,85,86)/b13-9-,14-10-,24-20-,25-21-,26-22-,35-32-,36-33-,37-34-,45-42-,46-43-. The van der Waals surface area contributed by atoms with Gasteiger partial charge in [0.15, 0.2) is 12.2 Å². The summed E-state index contributed by atoms with van der Waals surface area (Å²) in [7, 11) is -9.97. The second kappa shape index (κ2) is 69.0. The predicted molar refractivity (Wildman–Crippen MR) is 390 cm³/mol. The van der Waals surface area contributed by atoms with Gasteiger partial charge in [0.25, 0.3) is 0 Å². The van der Waals surface area contributed by atoms with Crippen LogP contribution in [-0.4, -0.2) is 96.7 Å². The zero-order chi connectivity index (χ0) is 70.4. The first-order valence-electron chi connectivity index (χ1n) is 36.8. The average molecular weight is 1390 g/mol. The first-order valence-corrected chi connectivity index (χ1v) is 39.8. The van der Waals surface area contributed by atoms with Gasteiger partial charge in [0.1, 0.15) is 19.3 Å². The van der Waals surface area contributed by atoms with Gasteiger partial charge in [-0.25, -0.2) is 9.13 Å². The van der Waals surface area contributed by atoms with E-state index in [1.165, 1.54) is 51.4 Å². The lowest BCUT2D eigenvalue weighted by molar-refractivity contribution is -0.161. The molecule has 5 atom stereocenters. The molecule has 0 aromatic carbocycles. The molecule has 5 unspecified atom stereocenters. The minimum absolute atomic E-state index is 0.0720. The number of carbonyl (C=O) groups excluding carboxylic acids is 4. The van der Waals surface area contributed by atoms with Crippen molar-refractivity contribution in [1.29, 1.82) is 0 Å². The number of carbonyl (C=O) groups is 4. The normalized spacial score (nSPS) is 14.7. The number of hydrogen-bond donors (Lipinski definition) is 3. The highest BCUT2D eigenvalue weighted by molar-refractivity contribution is 7.47. The van der Waals surface area contributed by atoms with Gasteiger partial charge in [0, 0.05) is 25.7 Å². The zero-order valence-electron chi connectivity index (χ0n) is 59.8. The second-order valence-electron chi connectivity index (χ2n) is 24.1. The quantitative estimate of drug-likeness (QED) is 0.0169. The van der Waals surface area contributed by atoms with Gasteiger partial charge in [-0.2, -0.15) is 0 Å². The van der Waals surface area contributed by atoms with E-state index in [1.807, 2.05) is 0 Å². The second-order valence-corrected chi connectivity index (χ2v) is 27.0. The molecule has 0 aliphatic rings. The highest BCUT2D eigenvalue weighted by atomic mass is 31.2. The summed E-state index contributed by atoms with van der Waals surface area (Å²) in [4.78, 5) is 72.7. The van der Waals surface area contributed by atoms with Crippen molar-refractivity contribution in [2.24, 2.45) is 0 Å². The Morgan fingerprint density at radius 2 is 0.552 bits per heavy atom. The number of phosphoric ester groups is 2. The average Bonchev–Trinajstić information content (AvgIpc) is 1.11. The summed E-state index contributed by atoms with van der Waals surface area (Å²) in [6.07, 6.45) is 73.6. The molecule has 96 heavy (non-hydrogen) atoms. The number of rotatable bonds is 68. The molecule has 0 amide bonds. The van der Waals surface area contributed by atoms with Gasteiger partial charge in [-0.3, -0.25) is 37.3 Å². The van der Waals surface area contributed by atoms with Crippen LogP contribution in [-0.2, 0) is 65.4 Å². The summed E-state index contributed by atoms with van der Waals surface area (Å²) >= 11 is 0. The van der Waals surface area contributed by atoms with E-state index >= 15 is 0 Å². The van der Waals surface area contributed by atoms with E-state index in [-0.39, 0.29) is 25.7 Å². The molecule has 0 spiro atoms. The first kappa shape index (κ1) is 91.5. The molecule has 17 nitrogen and oxygen atoms in total. The van der Waals surface area contributed by atoms with E-state index in [1.54, 1.807) is 0 Å². The van der Waals surface area contributed by atoms with E-state index < -0.39 is 97.5 Å². The maximum atomic E-state index is 13.1. The number of esters is 4. The van der Waals surface area contributed by atoms with Gasteiger partial charge in [0.2, 0.25) is 0 Å². The topological polar surface area (TPSA) is 237 Å². The molecule has 0 fully saturated rings. The van der Waals surface area contributed by atoms with E-state index in [0.717, 1.165) is 154 Å². The predicted octanol–water partition coefficient (Wildman–Crippen LogP) is 20.8. The van der Waals surface area contributed by atoms with Crippen LogP contribution in [0.2, 0.25) is 0 Å². The smallest absolute Gasteiger partial charge is 0.462 e. The molecule has 550 valence electrons. The molecule has 0 saturated heterocycles. The fourth-order valence-corrected chi connectivity index (χ4v) is 10.9. The number of unbranched alkanes of at least 4 members (excludes halogenated alkanes) is 22. The van der Waals surface area contributed by atoms with Crippen LogP contribution in [0.15, 0.2) is 122 Å². The van der Waals surface area contributed by atoms with Crippen LogP contribution in [0.4, 0.5) is 0 Å². The number of hydrogen-bond acceptors (Lipinski definition) is 15. The maximum absolute atomic E-state index is 13.1. The molecular weight excluding hydrogens is 1260 g/mol. The van der Waals surface area contributed by atoms with Crippen molar-refractivity contribution in [3.05, 3.63) is 122 Å². The van der Waals surface area contributed by atoms with Crippen molar-refractivity contribution in [3.8, 4) is 0 Å². The van der Waals surface area contributed by atoms with Crippen LogP contribution in [0.3, 0.4) is 0 Å². The van der Waals surface area contributed by atoms with Crippen LogP contribution in [0.5, 0.6) is 0 Å². The molecule has 0 aromatic heterocycles. The van der Waals surface area contributed by atoms with Gasteiger partial charge in [-0.05, 0) is 148 Å². The Morgan fingerprint density at radius 1 is 0.302 bits per heavy atom. The largest absolute Gasteiger partial charge is 0.472 e. The van der Waals surface area contributed by atoms with Crippen molar-refractivity contribution in [2.45, 2.75) is 303 Å². The molecule has 0 rings (SSSR count). The third-order valence-corrected chi connectivity index (χ3v) is 16.8. The van der Waals surface area contributed by atoms with E-state index in [4.69, 9.17) is 37.0 Å². The fourth-order valence-electron chi connectivity index (χ4n) is 9.29. The molecule has 0 saturated carbocycles. The monoisotopic (exact) mass is 1390 g/mol. The zero-order valence-corrected chi connectivity index (χ0v) is 61.5. The first-order chi connectivity index (χ1) is 46.7. The van der Waals surface area contributed by atoms with Gasteiger partial charge in [-0.1, -0.05) is 233 Å². The Kier molecular flexibility index (Phi) is 65.7. The number of aliphatic hydroxyl groups is 1. The fraction of sp³-hybridized carbons (Fsp3) is 0.688. The Bertz CT molecular complexity index is 2300. The summed E-state index contributed by atoms with van der Waals surface area (Å²) in [6, 6.07) is 0. The van der Waals surface area contributed by atoms with Crippen molar-refractivity contribution >= 4 is 39.5 Å². The van der Waals surface area contributed by atoms with Gasteiger partial charge >= 0.3 is 39.5 Å². The van der Waals surface area contributed by atoms with Gasteiger partial charge in [0.05, 0.1) is 26.4 Å². The molecule has 0 aliphatic heterocycles. The molecule has 0 aromatic rings. The molecule has 0 bridgehead atoms. The van der Waals surface area contributed by atoms with Gasteiger partial charge < -0.3 is 33.8 Å². The van der Waals surface area contributed by atoms with E-state index in [9.17, 15) is 43.2 Å². The summed E-state index contributed by atoms with van der Waals surface area (Å²) in [5.41, 5.74) is 0. The van der Waals surface area contributed by atoms with Crippen molar-refractivity contribution < 1.29 is 80.2 Å². The number of aliphatic hydroxyl groups excluding tert-OH is 1. The highest BCUT2D eigenvalue weighted by Crippen LogP contribution is 2.45. The van der Waals surface area contributed by atoms with Crippen molar-refractivity contribution in [2.75, 3.05) is 39.6 Å².